The van der Waals surface area contributed by atoms with Crippen molar-refractivity contribution in [3.8, 4) is 6.07 Å². The maximum Gasteiger partial charge on any atom is 0.0950 e. The van der Waals surface area contributed by atoms with Crippen molar-refractivity contribution in [2.75, 3.05) is 7.05 Å². The Morgan fingerprint density at radius 3 is 2.12 bits per heavy atom. The summed E-state index contributed by atoms with van der Waals surface area (Å²) < 4.78 is 0. The van der Waals surface area contributed by atoms with E-state index in [-0.39, 0.29) is 6.04 Å². The summed E-state index contributed by atoms with van der Waals surface area (Å²) in [6, 6.07) is 2.45. The van der Waals surface area contributed by atoms with Gasteiger partial charge in [0.05, 0.1) is 12.1 Å². The van der Waals surface area contributed by atoms with E-state index in [2.05, 4.69) is 11.4 Å². The Bertz CT molecular complexity index is 293. The van der Waals surface area contributed by atoms with Crippen molar-refractivity contribution >= 4 is 0 Å². The van der Waals surface area contributed by atoms with Gasteiger partial charge in [0.25, 0.3) is 0 Å². The van der Waals surface area contributed by atoms with Crippen LogP contribution in [-0.4, -0.2) is 13.1 Å². The van der Waals surface area contributed by atoms with E-state index in [1.54, 1.807) is 0 Å². The molecule has 94 valence electrons. The minimum absolute atomic E-state index is 0.0722. The van der Waals surface area contributed by atoms with Crippen LogP contribution in [0.3, 0.4) is 0 Å². The standard InChI is InChI=1S/C15H24N2/c1-17-14(10-16)2-3-15-7-11-4-12(8-15)6-13(5-11)9-15/h11-14,17H,2-9H2,1H3. The number of nitrogens with zero attached hydrogens (tertiary/aromatic N) is 1. The minimum atomic E-state index is 0.0722. The van der Waals surface area contributed by atoms with Crippen molar-refractivity contribution in [1.82, 2.24) is 5.32 Å². The van der Waals surface area contributed by atoms with E-state index in [4.69, 9.17) is 5.26 Å². The highest BCUT2D eigenvalue weighted by molar-refractivity contribution is 5.02. The molecule has 0 aromatic heterocycles. The Kier molecular flexibility index (Phi) is 2.91. The molecule has 0 aromatic rings. The van der Waals surface area contributed by atoms with Crippen molar-refractivity contribution in [3.63, 3.8) is 0 Å². The van der Waals surface area contributed by atoms with Crippen LogP contribution in [0, 0.1) is 34.5 Å². The molecule has 2 nitrogen and oxygen atoms in total. The predicted molar refractivity (Wildman–Crippen MR) is 68.3 cm³/mol. The molecule has 0 amide bonds. The first-order valence-corrected chi connectivity index (χ1v) is 7.30. The van der Waals surface area contributed by atoms with E-state index in [0.717, 1.165) is 24.2 Å². The van der Waals surface area contributed by atoms with Gasteiger partial charge in [-0.25, -0.2) is 0 Å². The molecule has 1 unspecified atom stereocenters. The molecular weight excluding hydrogens is 208 g/mol. The van der Waals surface area contributed by atoms with E-state index >= 15 is 0 Å². The van der Waals surface area contributed by atoms with Crippen LogP contribution in [-0.2, 0) is 0 Å². The van der Waals surface area contributed by atoms with Crippen LogP contribution in [0.15, 0.2) is 0 Å². The lowest BCUT2D eigenvalue weighted by molar-refractivity contribution is -0.0586. The van der Waals surface area contributed by atoms with Crippen LogP contribution in [0.5, 0.6) is 0 Å². The van der Waals surface area contributed by atoms with Crippen LogP contribution in [0.2, 0.25) is 0 Å². The fourth-order valence-corrected chi connectivity index (χ4v) is 5.32. The van der Waals surface area contributed by atoms with Gasteiger partial charge in [-0.3, -0.25) is 0 Å². The number of nitrogens with one attached hydrogen (secondary N) is 1. The molecule has 4 fully saturated rings. The molecule has 0 radical (unpaired) electrons. The molecule has 17 heavy (non-hydrogen) atoms. The number of hydrogen-bond donors (Lipinski definition) is 1. The highest BCUT2D eigenvalue weighted by atomic mass is 14.9. The van der Waals surface area contributed by atoms with Crippen molar-refractivity contribution in [3.05, 3.63) is 0 Å². The van der Waals surface area contributed by atoms with Crippen LogP contribution in [0.25, 0.3) is 0 Å². The van der Waals surface area contributed by atoms with E-state index in [0.29, 0.717) is 5.41 Å². The number of rotatable bonds is 4. The van der Waals surface area contributed by atoms with Crippen molar-refractivity contribution in [2.45, 2.75) is 57.4 Å². The maximum atomic E-state index is 9.03. The normalized spacial score (nSPS) is 44.6. The van der Waals surface area contributed by atoms with Gasteiger partial charge in [-0.1, -0.05) is 0 Å². The van der Waals surface area contributed by atoms with Crippen LogP contribution in [0.4, 0.5) is 0 Å². The quantitative estimate of drug-likeness (QED) is 0.808. The predicted octanol–water partition coefficient (Wildman–Crippen LogP) is 3.09. The largest absolute Gasteiger partial charge is 0.305 e. The zero-order valence-electron chi connectivity index (χ0n) is 10.9. The third-order valence-electron chi connectivity index (χ3n) is 5.63. The summed E-state index contributed by atoms with van der Waals surface area (Å²) in [7, 11) is 1.91. The van der Waals surface area contributed by atoms with Gasteiger partial charge in [-0.15, -0.1) is 0 Å². The molecule has 0 aromatic carbocycles. The fraction of sp³-hybridized carbons (Fsp3) is 0.933. The van der Waals surface area contributed by atoms with Crippen molar-refractivity contribution < 1.29 is 0 Å². The van der Waals surface area contributed by atoms with Crippen molar-refractivity contribution in [1.29, 1.82) is 5.26 Å². The van der Waals surface area contributed by atoms with Gasteiger partial charge in [0.15, 0.2) is 0 Å². The third kappa shape index (κ3) is 2.10. The Morgan fingerprint density at radius 1 is 1.18 bits per heavy atom. The first kappa shape index (κ1) is 11.5. The summed E-state index contributed by atoms with van der Waals surface area (Å²) in [5, 5.41) is 12.1. The molecule has 0 aliphatic heterocycles. The Labute approximate surface area is 105 Å². The molecule has 0 heterocycles. The maximum absolute atomic E-state index is 9.03. The van der Waals surface area contributed by atoms with Gasteiger partial charge in [-0.2, -0.15) is 5.26 Å². The number of nitriles is 1. The summed E-state index contributed by atoms with van der Waals surface area (Å²) in [4.78, 5) is 0. The zero-order valence-corrected chi connectivity index (χ0v) is 10.9. The van der Waals surface area contributed by atoms with Crippen LogP contribution < -0.4 is 5.32 Å². The Hall–Kier alpha value is -0.550. The fourth-order valence-electron chi connectivity index (χ4n) is 5.32. The molecule has 4 aliphatic carbocycles. The monoisotopic (exact) mass is 232 g/mol. The topological polar surface area (TPSA) is 35.8 Å². The lowest BCUT2D eigenvalue weighted by atomic mass is 9.48. The molecule has 1 N–H and O–H groups in total. The molecule has 1 atom stereocenters. The second-order valence-electron chi connectivity index (χ2n) is 6.93. The first-order chi connectivity index (χ1) is 8.23. The summed E-state index contributed by atoms with van der Waals surface area (Å²) in [6.45, 7) is 0. The molecule has 4 bridgehead atoms. The summed E-state index contributed by atoms with van der Waals surface area (Å²) in [6.07, 6.45) is 11.3. The van der Waals surface area contributed by atoms with E-state index in [9.17, 15) is 0 Å². The average Bonchev–Trinajstić information content (AvgIpc) is 2.28. The van der Waals surface area contributed by atoms with Gasteiger partial charge in [0.1, 0.15) is 0 Å². The first-order valence-electron chi connectivity index (χ1n) is 7.30. The summed E-state index contributed by atoms with van der Waals surface area (Å²) in [5.41, 5.74) is 0.640. The minimum Gasteiger partial charge on any atom is -0.305 e. The van der Waals surface area contributed by atoms with E-state index in [1.807, 2.05) is 7.05 Å². The lowest BCUT2D eigenvalue weighted by Gasteiger charge is -2.57. The number of hydrogen-bond acceptors (Lipinski definition) is 2. The average molecular weight is 232 g/mol. The third-order valence-corrected chi connectivity index (χ3v) is 5.63. The second-order valence-corrected chi connectivity index (χ2v) is 6.93. The van der Waals surface area contributed by atoms with Gasteiger partial charge < -0.3 is 5.32 Å². The molecule has 4 rings (SSSR count). The highest BCUT2D eigenvalue weighted by Gasteiger charge is 2.50. The Balaban J connectivity index is 1.64. The van der Waals surface area contributed by atoms with Crippen LogP contribution >= 0.6 is 0 Å². The molecule has 4 aliphatic rings. The lowest BCUT2D eigenvalue weighted by Crippen LogP contribution is -2.46. The van der Waals surface area contributed by atoms with Crippen LogP contribution in [0.1, 0.15) is 51.4 Å². The molecule has 4 saturated carbocycles. The van der Waals surface area contributed by atoms with Gasteiger partial charge >= 0.3 is 0 Å². The summed E-state index contributed by atoms with van der Waals surface area (Å²) >= 11 is 0. The molecular formula is C15H24N2. The zero-order chi connectivity index (χ0) is 11.9. The van der Waals surface area contributed by atoms with Gasteiger partial charge in [0, 0.05) is 0 Å². The van der Waals surface area contributed by atoms with Gasteiger partial charge in [-0.05, 0) is 81.6 Å². The smallest absolute Gasteiger partial charge is 0.0950 e. The Morgan fingerprint density at radius 2 is 1.71 bits per heavy atom. The molecule has 2 heteroatoms. The van der Waals surface area contributed by atoms with E-state index < -0.39 is 0 Å². The highest BCUT2D eigenvalue weighted by Crippen LogP contribution is 2.61. The second kappa shape index (κ2) is 4.28. The molecule has 0 saturated heterocycles. The van der Waals surface area contributed by atoms with E-state index in [1.165, 1.54) is 44.9 Å². The van der Waals surface area contributed by atoms with Crippen molar-refractivity contribution in [2.24, 2.45) is 23.2 Å². The SMILES string of the molecule is CNC(C#N)CCC12CC3CC(CC(C3)C1)C2. The molecule has 0 spiro atoms. The summed E-state index contributed by atoms with van der Waals surface area (Å²) in [5.74, 6) is 3.11. The van der Waals surface area contributed by atoms with Gasteiger partial charge in [0.2, 0.25) is 0 Å².